The third-order valence-electron chi connectivity index (χ3n) is 4.17. The molecule has 1 aliphatic rings. The number of hydrogen-bond donors (Lipinski definition) is 1. The maximum atomic E-state index is 12.6. The van der Waals surface area contributed by atoms with Crippen LogP contribution in [0.25, 0.3) is 5.82 Å². The van der Waals surface area contributed by atoms with Crippen LogP contribution in [-0.2, 0) is 11.3 Å². The summed E-state index contributed by atoms with van der Waals surface area (Å²) in [5.41, 5.74) is 0.878. The summed E-state index contributed by atoms with van der Waals surface area (Å²) in [5, 5.41) is 2.91. The second-order valence-corrected chi connectivity index (χ2v) is 5.98. The number of rotatable bonds is 4. The van der Waals surface area contributed by atoms with Crippen molar-refractivity contribution in [3.63, 3.8) is 0 Å². The number of ether oxygens (including phenoxy) is 2. The Morgan fingerprint density at radius 3 is 2.73 bits per heavy atom. The van der Waals surface area contributed by atoms with Gasteiger partial charge in [-0.2, -0.15) is 0 Å². The summed E-state index contributed by atoms with van der Waals surface area (Å²) in [7, 11) is 0. The first kappa shape index (κ1) is 16.1. The first-order valence-electron chi connectivity index (χ1n) is 8.34. The molecular weight excluding hydrogens is 332 g/mol. The fourth-order valence-corrected chi connectivity index (χ4v) is 2.87. The van der Waals surface area contributed by atoms with Crippen molar-refractivity contribution in [3.05, 3.63) is 66.9 Å². The molecule has 1 N–H and O–H groups in total. The number of fused-ring (bicyclic) bond motifs is 1. The van der Waals surface area contributed by atoms with Crippen LogP contribution in [0.5, 0.6) is 11.5 Å². The highest BCUT2D eigenvalue weighted by atomic mass is 16.6. The summed E-state index contributed by atoms with van der Waals surface area (Å²) < 4.78 is 13.4. The Balaban J connectivity index is 1.47. The van der Waals surface area contributed by atoms with Gasteiger partial charge >= 0.3 is 0 Å². The monoisotopic (exact) mass is 350 g/mol. The smallest absolute Gasteiger partial charge is 0.265 e. The van der Waals surface area contributed by atoms with Crippen LogP contribution in [0.3, 0.4) is 0 Å². The van der Waals surface area contributed by atoms with Crippen molar-refractivity contribution >= 4 is 5.91 Å². The van der Waals surface area contributed by atoms with Crippen LogP contribution in [0.2, 0.25) is 0 Å². The molecule has 4 rings (SSSR count). The molecule has 0 spiro atoms. The van der Waals surface area contributed by atoms with E-state index in [0.29, 0.717) is 18.0 Å². The standard InChI is InChI=1S/C19H18N4O3/c1-13-17(26-16-7-3-2-6-15(16)25-13)19(24)22-11-14-5-4-8-21-18(14)23-10-9-20-12-23/h2-10,12-13,17H,11H2,1H3,(H,22,24). The van der Waals surface area contributed by atoms with Crippen LogP contribution < -0.4 is 14.8 Å². The van der Waals surface area contributed by atoms with E-state index in [9.17, 15) is 4.79 Å². The van der Waals surface area contributed by atoms with Crippen LogP contribution in [-0.4, -0.2) is 32.7 Å². The quantitative estimate of drug-likeness (QED) is 0.780. The number of aromatic nitrogens is 3. The molecule has 2 unspecified atom stereocenters. The van der Waals surface area contributed by atoms with Gasteiger partial charge in [0.2, 0.25) is 6.10 Å². The lowest BCUT2D eigenvalue weighted by Gasteiger charge is -2.31. The highest BCUT2D eigenvalue weighted by Gasteiger charge is 2.33. The SMILES string of the molecule is CC1Oc2ccccc2OC1C(=O)NCc1cccnc1-n1ccnc1. The summed E-state index contributed by atoms with van der Waals surface area (Å²) >= 11 is 0. The molecule has 7 nitrogen and oxygen atoms in total. The number of benzene rings is 1. The predicted molar refractivity (Wildman–Crippen MR) is 94.2 cm³/mol. The molecule has 2 aromatic heterocycles. The van der Waals surface area contributed by atoms with Crippen molar-refractivity contribution in [1.29, 1.82) is 0 Å². The largest absolute Gasteiger partial charge is 0.482 e. The van der Waals surface area contributed by atoms with E-state index in [1.165, 1.54) is 0 Å². The number of nitrogens with zero attached hydrogens (tertiary/aromatic N) is 3. The lowest BCUT2D eigenvalue weighted by Crippen LogP contribution is -2.48. The van der Waals surface area contributed by atoms with Gasteiger partial charge in [0.25, 0.3) is 5.91 Å². The summed E-state index contributed by atoms with van der Waals surface area (Å²) in [4.78, 5) is 21.0. The van der Waals surface area contributed by atoms with Crippen molar-refractivity contribution in [2.75, 3.05) is 0 Å². The molecule has 3 aromatic rings. The van der Waals surface area contributed by atoms with Gasteiger partial charge in [-0.3, -0.25) is 9.36 Å². The first-order valence-corrected chi connectivity index (χ1v) is 8.34. The topological polar surface area (TPSA) is 78.3 Å². The molecule has 7 heteroatoms. The Morgan fingerprint density at radius 2 is 1.96 bits per heavy atom. The van der Waals surface area contributed by atoms with Crippen molar-refractivity contribution in [3.8, 4) is 17.3 Å². The van der Waals surface area contributed by atoms with E-state index >= 15 is 0 Å². The Kier molecular flexibility index (Phi) is 4.27. The van der Waals surface area contributed by atoms with Gasteiger partial charge in [-0.1, -0.05) is 18.2 Å². The van der Waals surface area contributed by atoms with Gasteiger partial charge in [0.05, 0.1) is 0 Å². The van der Waals surface area contributed by atoms with Crippen LogP contribution in [0.15, 0.2) is 61.3 Å². The van der Waals surface area contributed by atoms with Gasteiger partial charge in [-0.05, 0) is 25.1 Å². The number of amides is 1. The zero-order valence-corrected chi connectivity index (χ0v) is 14.2. The van der Waals surface area contributed by atoms with Crippen LogP contribution >= 0.6 is 0 Å². The highest BCUT2D eigenvalue weighted by Crippen LogP contribution is 2.33. The molecular formula is C19H18N4O3. The maximum absolute atomic E-state index is 12.6. The normalized spacial score (nSPS) is 18.3. The summed E-state index contributed by atoms with van der Waals surface area (Å²) in [6.07, 6.45) is 5.78. The Bertz CT molecular complexity index is 911. The second-order valence-electron chi connectivity index (χ2n) is 5.98. The molecule has 2 atom stereocenters. The molecule has 26 heavy (non-hydrogen) atoms. The van der Waals surface area contributed by atoms with Gasteiger partial charge in [-0.25, -0.2) is 9.97 Å². The molecule has 132 valence electrons. The molecule has 0 fully saturated rings. The number of carbonyl (C=O) groups excluding carboxylic acids is 1. The van der Waals surface area contributed by atoms with E-state index < -0.39 is 6.10 Å². The number of pyridine rings is 1. The molecule has 0 bridgehead atoms. The lowest BCUT2D eigenvalue weighted by molar-refractivity contribution is -0.133. The molecule has 0 aliphatic carbocycles. The van der Waals surface area contributed by atoms with E-state index in [2.05, 4.69) is 15.3 Å². The molecule has 0 saturated heterocycles. The minimum Gasteiger partial charge on any atom is -0.482 e. The third-order valence-corrected chi connectivity index (χ3v) is 4.17. The summed E-state index contributed by atoms with van der Waals surface area (Å²) in [6, 6.07) is 11.1. The molecule has 1 aliphatic heterocycles. The van der Waals surface area contributed by atoms with Crippen molar-refractivity contribution in [1.82, 2.24) is 19.9 Å². The average molecular weight is 350 g/mol. The molecule has 1 aromatic carbocycles. The summed E-state index contributed by atoms with van der Waals surface area (Å²) in [5.74, 6) is 1.72. The maximum Gasteiger partial charge on any atom is 0.265 e. The fourth-order valence-electron chi connectivity index (χ4n) is 2.87. The van der Waals surface area contributed by atoms with E-state index in [-0.39, 0.29) is 12.0 Å². The summed E-state index contributed by atoms with van der Waals surface area (Å²) in [6.45, 7) is 2.15. The van der Waals surface area contributed by atoms with Gasteiger partial charge < -0.3 is 14.8 Å². The van der Waals surface area contributed by atoms with Gasteiger partial charge in [0.1, 0.15) is 18.2 Å². The van der Waals surface area contributed by atoms with Crippen LogP contribution in [0.1, 0.15) is 12.5 Å². The van der Waals surface area contributed by atoms with E-state index in [0.717, 1.165) is 11.4 Å². The molecule has 3 heterocycles. The van der Waals surface area contributed by atoms with Crippen molar-refractivity contribution in [2.24, 2.45) is 0 Å². The zero-order chi connectivity index (χ0) is 17.9. The van der Waals surface area contributed by atoms with E-state index in [1.54, 1.807) is 29.4 Å². The predicted octanol–water partition coefficient (Wildman–Crippen LogP) is 2.11. The minimum absolute atomic E-state index is 0.229. The minimum atomic E-state index is -0.710. The second kappa shape index (κ2) is 6.87. The Morgan fingerprint density at radius 1 is 1.15 bits per heavy atom. The van der Waals surface area contributed by atoms with Crippen LogP contribution in [0, 0.1) is 0 Å². The molecule has 0 saturated carbocycles. The fraction of sp³-hybridized carbons (Fsp3) is 0.211. The molecule has 0 radical (unpaired) electrons. The van der Waals surface area contributed by atoms with E-state index in [4.69, 9.17) is 9.47 Å². The number of nitrogens with one attached hydrogen (secondary N) is 1. The zero-order valence-electron chi connectivity index (χ0n) is 14.2. The highest BCUT2D eigenvalue weighted by molar-refractivity contribution is 5.82. The average Bonchev–Trinajstić information content (AvgIpc) is 3.20. The van der Waals surface area contributed by atoms with Gasteiger partial charge in [-0.15, -0.1) is 0 Å². The first-order chi connectivity index (χ1) is 12.7. The van der Waals surface area contributed by atoms with Gasteiger partial charge in [0, 0.05) is 30.7 Å². The number of para-hydroxylation sites is 2. The Labute approximate surface area is 150 Å². The van der Waals surface area contributed by atoms with E-state index in [1.807, 2.05) is 43.5 Å². The number of carbonyl (C=O) groups is 1. The van der Waals surface area contributed by atoms with Crippen molar-refractivity contribution < 1.29 is 14.3 Å². The van der Waals surface area contributed by atoms with Crippen LogP contribution in [0.4, 0.5) is 0 Å². The number of hydrogen-bond acceptors (Lipinski definition) is 5. The number of imidazole rings is 1. The Hall–Kier alpha value is -3.35. The lowest BCUT2D eigenvalue weighted by atomic mass is 10.1. The molecule has 1 amide bonds. The van der Waals surface area contributed by atoms with Gasteiger partial charge in [0.15, 0.2) is 11.5 Å². The van der Waals surface area contributed by atoms with Crippen molar-refractivity contribution in [2.45, 2.75) is 25.7 Å². The third kappa shape index (κ3) is 3.11.